The topological polar surface area (TPSA) is 35.2 Å². The summed E-state index contributed by atoms with van der Waals surface area (Å²) in [6.45, 7) is 8.16. The van der Waals surface area contributed by atoms with Crippen LogP contribution in [0.5, 0.6) is 0 Å². The highest BCUT2D eigenvalue weighted by Gasteiger charge is 2.09. The Morgan fingerprint density at radius 2 is 1.71 bits per heavy atom. The van der Waals surface area contributed by atoms with E-state index in [0.717, 1.165) is 13.0 Å². The predicted molar refractivity (Wildman–Crippen MR) is 91.5 cm³/mol. The van der Waals surface area contributed by atoms with Gasteiger partial charge in [-0.25, -0.2) is 0 Å². The van der Waals surface area contributed by atoms with Gasteiger partial charge in [0.2, 0.25) is 0 Å². The molecule has 1 rings (SSSR count). The van der Waals surface area contributed by atoms with E-state index in [-0.39, 0.29) is 6.04 Å². The second-order valence-corrected chi connectivity index (χ2v) is 6.05. The van der Waals surface area contributed by atoms with Crippen LogP contribution in [0.3, 0.4) is 0 Å². The van der Waals surface area contributed by atoms with Gasteiger partial charge in [-0.2, -0.15) is 0 Å². The second kappa shape index (κ2) is 10.8. The van der Waals surface area contributed by atoms with Crippen molar-refractivity contribution in [2.24, 2.45) is 11.7 Å². The predicted octanol–water partition coefficient (Wildman–Crippen LogP) is 4.87. The molecular weight excluding hydrogens is 258 g/mol. The molecule has 0 saturated carbocycles. The van der Waals surface area contributed by atoms with Gasteiger partial charge >= 0.3 is 0 Å². The molecule has 0 bridgehead atoms. The molecule has 2 atom stereocenters. The van der Waals surface area contributed by atoms with Gasteiger partial charge in [0.25, 0.3) is 0 Å². The summed E-state index contributed by atoms with van der Waals surface area (Å²) in [5.41, 5.74) is 8.79. The molecule has 0 spiro atoms. The third kappa shape index (κ3) is 7.10. The maximum absolute atomic E-state index is 6.22. The largest absolute Gasteiger partial charge is 0.379 e. The van der Waals surface area contributed by atoms with Gasteiger partial charge in [0.15, 0.2) is 0 Å². The van der Waals surface area contributed by atoms with Crippen molar-refractivity contribution < 1.29 is 4.74 Å². The van der Waals surface area contributed by atoms with Crippen molar-refractivity contribution in [1.29, 1.82) is 0 Å². The summed E-state index contributed by atoms with van der Waals surface area (Å²) in [5.74, 6) is 0.684. The third-order valence-corrected chi connectivity index (χ3v) is 4.14. The summed E-state index contributed by atoms with van der Waals surface area (Å²) in [7, 11) is 0. The molecule has 0 heterocycles. The van der Waals surface area contributed by atoms with E-state index in [1.165, 1.54) is 43.2 Å². The van der Waals surface area contributed by atoms with Crippen molar-refractivity contribution in [3.05, 3.63) is 35.4 Å². The number of hydrogen-bond donors (Lipinski definition) is 1. The van der Waals surface area contributed by atoms with Crippen molar-refractivity contribution in [1.82, 2.24) is 0 Å². The molecule has 2 heteroatoms. The minimum atomic E-state index is -0.00985. The number of benzene rings is 1. The Morgan fingerprint density at radius 3 is 2.29 bits per heavy atom. The molecule has 120 valence electrons. The first-order chi connectivity index (χ1) is 10.2. The van der Waals surface area contributed by atoms with Crippen LogP contribution in [0.2, 0.25) is 0 Å². The zero-order chi connectivity index (χ0) is 15.5. The lowest BCUT2D eigenvalue weighted by atomic mass is 10.0. The van der Waals surface area contributed by atoms with Crippen LogP contribution >= 0.6 is 0 Å². The summed E-state index contributed by atoms with van der Waals surface area (Å²) < 4.78 is 5.85. The monoisotopic (exact) mass is 291 g/mol. The Bertz CT molecular complexity index is 360. The Hall–Kier alpha value is -0.860. The highest BCUT2D eigenvalue weighted by molar-refractivity contribution is 5.24. The van der Waals surface area contributed by atoms with Gasteiger partial charge in [0.1, 0.15) is 0 Å². The zero-order valence-corrected chi connectivity index (χ0v) is 14.1. The summed E-state index contributed by atoms with van der Waals surface area (Å²) in [6.07, 6.45) is 7.36. The highest BCUT2D eigenvalue weighted by atomic mass is 16.5. The first-order valence-electron chi connectivity index (χ1n) is 8.63. The maximum atomic E-state index is 6.22. The van der Waals surface area contributed by atoms with Gasteiger partial charge < -0.3 is 10.5 Å². The number of unbranched alkanes of at least 4 members (excludes halogenated alkanes) is 1. The van der Waals surface area contributed by atoms with Crippen LogP contribution in [0.1, 0.15) is 70.0 Å². The van der Waals surface area contributed by atoms with E-state index in [0.29, 0.717) is 12.5 Å². The van der Waals surface area contributed by atoms with Crippen LogP contribution in [0.15, 0.2) is 24.3 Å². The highest BCUT2D eigenvalue weighted by Crippen LogP contribution is 2.16. The minimum absolute atomic E-state index is 0.00985. The fraction of sp³-hybridized carbons (Fsp3) is 0.684. The SMILES string of the molecule is CCCCC(CC)COCC(N)c1ccc(CCC)cc1. The number of ether oxygens (including phenoxy) is 1. The molecule has 0 fully saturated rings. The van der Waals surface area contributed by atoms with Gasteiger partial charge in [-0.1, -0.05) is 70.7 Å². The van der Waals surface area contributed by atoms with Crippen molar-refractivity contribution in [3.63, 3.8) is 0 Å². The smallest absolute Gasteiger partial charge is 0.0659 e. The summed E-state index contributed by atoms with van der Waals surface area (Å²) in [6, 6.07) is 8.66. The molecule has 2 nitrogen and oxygen atoms in total. The molecular formula is C19H33NO. The fourth-order valence-corrected chi connectivity index (χ4v) is 2.58. The average molecular weight is 291 g/mol. The Labute approximate surface area is 131 Å². The normalized spacial score (nSPS) is 14.1. The van der Waals surface area contributed by atoms with Crippen LogP contribution in [0.4, 0.5) is 0 Å². The zero-order valence-electron chi connectivity index (χ0n) is 14.1. The van der Waals surface area contributed by atoms with Crippen LogP contribution in [0, 0.1) is 5.92 Å². The number of hydrogen-bond acceptors (Lipinski definition) is 2. The molecule has 2 N–H and O–H groups in total. The van der Waals surface area contributed by atoms with Crippen molar-refractivity contribution >= 4 is 0 Å². The van der Waals surface area contributed by atoms with Crippen molar-refractivity contribution in [2.45, 2.75) is 65.3 Å². The third-order valence-electron chi connectivity index (χ3n) is 4.14. The summed E-state index contributed by atoms with van der Waals surface area (Å²) in [5, 5.41) is 0. The number of rotatable bonds is 11. The van der Waals surface area contributed by atoms with Crippen molar-refractivity contribution in [3.8, 4) is 0 Å². The maximum Gasteiger partial charge on any atom is 0.0659 e. The van der Waals surface area contributed by atoms with Crippen LogP contribution in [0.25, 0.3) is 0 Å². The quantitative estimate of drug-likeness (QED) is 0.631. The van der Waals surface area contributed by atoms with E-state index in [2.05, 4.69) is 45.0 Å². The molecule has 21 heavy (non-hydrogen) atoms. The Balaban J connectivity index is 2.33. The van der Waals surface area contributed by atoms with Gasteiger partial charge in [-0.15, -0.1) is 0 Å². The van der Waals surface area contributed by atoms with E-state index in [1.807, 2.05) is 0 Å². The van der Waals surface area contributed by atoms with Crippen LogP contribution in [-0.2, 0) is 11.2 Å². The number of nitrogens with two attached hydrogens (primary N) is 1. The Kier molecular flexibility index (Phi) is 9.36. The van der Waals surface area contributed by atoms with E-state index in [9.17, 15) is 0 Å². The second-order valence-electron chi connectivity index (χ2n) is 6.05. The first kappa shape index (κ1) is 18.2. The lowest BCUT2D eigenvalue weighted by molar-refractivity contribution is 0.0837. The van der Waals surface area contributed by atoms with E-state index >= 15 is 0 Å². The lowest BCUT2D eigenvalue weighted by Gasteiger charge is -2.17. The standard InChI is InChI=1S/C19H33NO/c1-4-7-9-16(6-3)14-21-15-19(20)18-12-10-17(8-5-2)11-13-18/h10-13,16,19H,4-9,14-15,20H2,1-3H3. The summed E-state index contributed by atoms with van der Waals surface area (Å²) in [4.78, 5) is 0. The molecule has 1 aromatic rings. The van der Waals surface area contributed by atoms with Crippen LogP contribution in [-0.4, -0.2) is 13.2 Å². The van der Waals surface area contributed by atoms with E-state index in [1.54, 1.807) is 0 Å². The van der Waals surface area contributed by atoms with Crippen LogP contribution < -0.4 is 5.73 Å². The molecule has 0 saturated heterocycles. The molecule has 0 aliphatic rings. The number of aryl methyl sites for hydroxylation is 1. The molecule has 0 aliphatic carbocycles. The van der Waals surface area contributed by atoms with E-state index < -0.39 is 0 Å². The first-order valence-corrected chi connectivity index (χ1v) is 8.63. The lowest BCUT2D eigenvalue weighted by Crippen LogP contribution is -2.19. The summed E-state index contributed by atoms with van der Waals surface area (Å²) >= 11 is 0. The minimum Gasteiger partial charge on any atom is -0.379 e. The van der Waals surface area contributed by atoms with E-state index in [4.69, 9.17) is 10.5 Å². The fourth-order valence-electron chi connectivity index (χ4n) is 2.58. The molecule has 0 aliphatic heterocycles. The van der Waals surface area contributed by atoms with Gasteiger partial charge in [-0.05, 0) is 29.9 Å². The molecule has 0 radical (unpaired) electrons. The molecule has 0 aromatic heterocycles. The average Bonchev–Trinajstić information content (AvgIpc) is 2.51. The Morgan fingerprint density at radius 1 is 1.00 bits per heavy atom. The molecule has 2 unspecified atom stereocenters. The van der Waals surface area contributed by atoms with Gasteiger partial charge in [0, 0.05) is 6.61 Å². The van der Waals surface area contributed by atoms with Gasteiger partial charge in [0.05, 0.1) is 12.6 Å². The van der Waals surface area contributed by atoms with Crippen molar-refractivity contribution in [2.75, 3.05) is 13.2 Å². The molecule has 1 aromatic carbocycles. The molecule has 0 amide bonds. The van der Waals surface area contributed by atoms with Gasteiger partial charge in [-0.3, -0.25) is 0 Å².